The van der Waals surface area contributed by atoms with Crippen LogP contribution in [0, 0.1) is 0 Å². The van der Waals surface area contributed by atoms with Crippen LogP contribution in [0.2, 0.25) is 0 Å². The highest BCUT2D eigenvalue weighted by atomic mass is 35.5. The third-order valence-electron chi connectivity index (χ3n) is 2.52. The van der Waals surface area contributed by atoms with E-state index >= 15 is 0 Å². The molecule has 0 amide bonds. The maximum absolute atomic E-state index is 6.19. The maximum Gasteiger partial charge on any atom is 0.156 e. The Bertz CT molecular complexity index is 565. The van der Waals surface area contributed by atoms with Crippen molar-refractivity contribution in [1.29, 1.82) is 0 Å². The number of rotatable bonds is 5. The van der Waals surface area contributed by atoms with Crippen LogP contribution >= 0.6 is 23.4 Å². The lowest BCUT2D eigenvalue weighted by Gasteiger charge is -2.06. The normalized spacial score (nSPS) is 11.7. The summed E-state index contributed by atoms with van der Waals surface area (Å²) in [4.78, 5) is 1.24. The second kappa shape index (κ2) is 7.36. The molecule has 2 aromatic carbocycles. The molecule has 0 fully saturated rings. The molecule has 0 spiro atoms. The number of hydrogen-bond acceptors (Lipinski definition) is 3. The maximum atomic E-state index is 6.19. The van der Waals surface area contributed by atoms with E-state index in [1.165, 1.54) is 4.90 Å². The van der Waals surface area contributed by atoms with E-state index in [0.29, 0.717) is 10.4 Å². The highest BCUT2D eigenvalue weighted by molar-refractivity contribution is 7.99. The number of thioether (sulfide) groups is 1. The summed E-state index contributed by atoms with van der Waals surface area (Å²) in [6.45, 7) is 4.35. The summed E-state index contributed by atoms with van der Waals surface area (Å²) in [6.07, 6.45) is 0. The Balaban J connectivity index is 2.03. The van der Waals surface area contributed by atoms with Gasteiger partial charge in [-0.3, -0.25) is 5.43 Å². The van der Waals surface area contributed by atoms with Crippen molar-refractivity contribution in [2.24, 2.45) is 5.10 Å². The Morgan fingerprint density at radius 3 is 2.30 bits per heavy atom. The smallest absolute Gasteiger partial charge is 0.156 e. The van der Waals surface area contributed by atoms with Crippen molar-refractivity contribution in [1.82, 2.24) is 0 Å². The van der Waals surface area contributed by atoms with Gasteiger partial charge in [0.1, 0.15) is 0 Å². The molecule has 4 heteroatoms. The van der Waals surface area contributed by atoms with Crippen LogP contribution in [-0.4, -0.2) is 10.4 Å². The van der Waals surface area contributed by atoms with E-state index in [1.54, 1.807) is 0 Å². The summed E-state index contributed by atoms with van der Waals surface area (Å²) in [5.74, 6) is 0. The van der Waals surface area contributed by atoms with E-state index in [9.17, 15) is 0 Å². The minimum absolute atomic E-state index is 0.454. The van der Waals surface area contributed by atoms with Crippen molar-refractivity contribution in [2.75, 3.05) is 5.43 Å². The fourth-order valence-electron chi connectivity index (χ4n) is 1.63. The lowest BCUT2D eigenvalue weighted by molar-refractivity contribution is 1.11. The van der Waals surface area contributed by atoms with Crippen molar-refractivity contribution < 1.29 is 0 Å². The second-order valence-electron chi connectivity index (χ2n) is 4.57. The van der Waals surface area contributed by atoms with Crippen LogP contribution in [0.4, 0.5) is 5.69 Å². The Morgan fingerprint density at radius 2 is 1.70 bits per heavy atom. The first kappa shape index (κ1) is 14.9. The van der Waals surface area contributed by atoms with Gasteiger partial charge in [0.05, 0.1) is 5.69 Å². The minimum Gasteiger partial charge on any atom is -0.277 e. The number of para-hydroxylation sites is 1. The average molecular weight is 305 g/mol. The number of nitrogens with zero attached hydrogens (tertiary/aromatic N) is 1. The fraction of sp³-hybridized carbons (Fsp3) is 0.188. The van der Waals surface area contributed by atoms with Gasteiger partial charge in [-0.05, 0) is 24.3 Å². The van der Waals surface area contributed by atoms with Gasteiger partial charge < -0.3 is 0 Å². The molecule has 0 unspecified atom stereocenters. The minimum atomic E-state index is 0.454. The molecular formula is C16H17ClN2S. The lowest BCUT2D eigenvalue weighted by atomic mass is 10.2. The molecule has 0 aromatic heterocycles. The molecule has 20 heavy (non-hydrogen) atoms. The molecule has 0 atom stereocenters. The summed E-state index contributed by atoms with van der Waals surface area (Å²) in [6, 6.07) is 17.9. The highest BCUT2D eigenvalue weighted by Gasteiger charge is 2.02. The van der Waals surface area contributed by atoms with Crippen molar-refractivity contribution in [2.45, 2.75) is 24.0 Å². The van der Waals surface area contributed by atoms with Crippen molar-refractivity contribution in [3.05, 3.63) is 60.2 Å². The summed E-state index contributed by atoms with van der Waals surface area (Å²) in [5, 5.41) is 5.21. The molecule has 0 radical (unpaired) electrons. The third-order valence-corrected chi connectivity index (χ3v) is 3.84. The molecule has 2 nitrogen and oxygen atoms in total. The van der Waals surface area contributed by atoms with Crippen LogP contribution in [0.1, 0.15) is 19.4 Å². The average Bonchev–Trinajstić information content (AvgIpc) is 2.46. The first-order valence-corrected chi connectivity index (χ1v) is 7.72. The summed E-state index contributed by atoms with van der Waals surface area (Å²) < 4.78 is 0. The third kappa shape index (κ3) is 4.58. The number of anilines is 1. The van der Waals surface area contributed by atoms with E-state index < -0.39 is 0 Å². The SMILES string of the molecule is CC(C)Sc1ccc(C(Cl)=NNc2ccccc2)cc1. The molecule has 2 rings (SSSR count). The van der Waals surface area contributed by atoms with Gasteiger partial charge in [0.25, 0.3) is 0 Å². The number of nitrogens with one attached hydrogen (secondary N) is 1. The van der Waals surface area contributed by atoms with Crippen LogP contribution in [0.25, 0.3) is 0 Å². The monoisotopic (exact) mass is 304 g/mol. The van der Waals surface area contributed by atoms with E-state index in [2.05, 4.69) is 36.5 Å². The second-order valence-corrected chi connectivity index (χ2v) is 6.58. The largest absolute Gasteiger partial charge is 0.277 e. The predicted molar refractivity (Wildman–Crippen MR) is 89.9 cm³/mol. The Hall–Kier alpha value is -1.45. The van der Waals surface area contributed by atoms with Crippen LogP contribution in [0.3, 0.4) is 0 Å². The summed E-state index contributed by atoms with van der Waals surface area (Å²) >= 11 is 8.03. The lowest BCUT2D eigenvalue weighted by Crippen LogP contribution is -1.97. The zero-order valence-corrected chi connectivity index (χ0v) is 13.1. The first-order chi connectivity index (χ1) is 9.65. The van der Waals surface area contributed by atoms with Crippen LogP contribution in [-0.2, 0) is 0 Å². The molecule has 2 aromatic rings. The van der Waals surface area contributed by atoms with Gasteiger partial charge in [0.15, 0.2) is 5.17 Å². The van der Waals surface area contributed by atoms with E-state index in [0.717, 1.165) is 11.3 Å². The van der Waals surface area contributed by atoms with Gasteiger partial charge >= 0.3 is 0 Å². The molecule has 0 aliphatic rings. The quantitative estimate of drug-likeness (QED) is 0.466. The zero-order chi connectivity index (χ0) is 14.4. The Kier molecular flexibility index (Phi) is 5.50. The van der Waals surface area contributed by atoms with E-state index in [-0.39, 0.29) is 0 Å². The first-order valence-electron chi connectivity index (χ1n) is 6.46. The van der Waals surface area contributed by atoms with Crippen LogP contribution < -0.4 is 5.43 Å². The number of hydrazone groups is 1. The van der Waals surface area contributed by atoms with Gasteiger partial charge in [0.2, 0.25) is 0 Å². The van der Waals surface area contributed by atoms with Crippen molar-refractivity contribution in [3.8, 4) is 0 Å². The summed E-state index contributed by atoms with van der Waals surface area (Å²) in [7, 11) is 0. The fourth-order valence-corrected chi connectivity index (χ4v) is 2.64. The topological polar surface area (TPSA) is 24.4 Å². The molecule has 104 valence electrons. The summed E-state index contributed by atoms with van der Waals surface area (Å²) in [5.41, 5.74) is 4.76. The van der Waals surface area contributed by atoms with Crippen molar-refractivity contribution >= 4 is 34.2 Å². The standard InChI is InChI=1S/C16H17ClN2S/c1-12(2)20-15-10-8-13(9-11-15)16(17)19-18-14-6-4-3-5-7-14/h3-12,18H,1-2H3. The molecular weight excluding hydrogens is 288 g/mol. The predicted octanol–water partition coefficient (Wildman–Crippen LogP) is 5.20. The Morgan fingerprint density at radius 1 is 1.05 bits per heavy atom. The van der Waals surface area contributed by atoms with E-state index in [4.69, 9.17) is 11.6 Å². The molecule has 0 aliphatic heterocycles. The molecule has 0 heterocycles. The van der Waals surface area contributed by atoms with Gasteiger partial charge in [-0.2, -0.15) is 5.10 Å². The van der Waals surface area contributed by atoms with Gasteiger partial charge in [-0.1, -0.05) is 55.8 Å². The molecule has 1 N–H and O–H groups in total. The van der Waals surface area contributed by atoms with Gasteiger partial charge in [0, 0.05) is 15.7 Å². The van der Waals surface area contributed by atoms with Gasteiger partial charge in [-0.25, -0.2) is 0 Å². The molecule has 0 bridgehead atoms. The number of benzene rings is 2. The van der Waals surface area contributed by atoms with E-state index in [1.807, 2.05) is 54.2 Å². The number of hydrogen-bond donors (Lipinski definition) is 1. The molecule has 0 aliphatic carbocycles. The number of halogens is 1. The highest BCUT2D eigenvalue weighted by Crippen LogP contribution is 2.23. The van der Waals surface area contributed by atoms with Crippen LogP contribution in [0.5, 0.6) is 0 Å². The molecule has 0 saturated carbocycles. The molecule has 0 saturated heterocycles. The van der Waals surface area contributed by atoms with Gasteiger partial charge in [-0.15, -0.1) is 11.8 Å². The van der Waals surface area contributed by atoms with Crippen LogP contribution in [0.15, 0.2) is 64.6 Å². The van der Waals surface area contributed by atoms with Crippen molar-refractivity contribution in [3.63, 3.8) is 0 Å². The zero-order valence-electron chi connectivity index (χ0n) is 11.5. The Labute approximate surface area is 129 Å².